The van der Waals surface area contributed by atoms with Crippen LogP contribution in [0, 0.1) is 0 Å². The fraction of sp³-hybridized carbons (Fsp3) is 0.278. The molecule has 2 N–H and O–H groups in total. The molecule has 6 heteroatoms. The number of amides is 1. The molecule has 1 amide bonds. The average Bonchev–Trinajstić information content (AvgIpc) is 2.93. The maximum Gasteiger partial charge on any atom is 0.261 e. The van der Waals surface area contributed by atoms with E-state index in [1.54, 1.807) is 24.3 Å². The zero-order valence-electron chi connectivity index (χ0n) is 13.7. The summed E-state index contributed by atoms with van der Waals surface area (Å²) in [6, 6.07) is 12.1. The van der Waals surface area contributed by atoms with Gasteiger partial charge in [0.05, 0.1) is 11.3 Å². The Kier molecular flexibility index (Phi) is 4.32. The van der Waals surface area contributed by atoms with E-state index in [9.17, 15) is 13.2 Å². The molecule has 3 rings (SSSR count). The molecule has 0 bridgehead atoms. The number of hydrogen-bond donors (Lipinski definition) is 2. The van der Waals surface area contributed by atoms with Gasteiger partial charge >= 0.3 is 0 Å². The van der Waals surface area contributed by atoms with Crippen molar-refractivity contribution in [3.05, 3.63) is 53.6 Å². The van der Waals surface area contributed by atoms with E-state index < -0.39 is 10.0 Å². The van der Waals surface area contributed by atoms with Crippen molar-refractivity contribution in [3.8, 4) is 0 Å². The molecule has 0 saturated heterocycles. The molecule has 0 fully saturated rings. The van der Waals surface area contributed by atoms with Crippen LogP contribution in [0.5, 0.6) is 0 Å². The second-order valence-electron chi connectivity index (χ2n) is 6.08. The van der Waals surface area contributed by atoms with Crippen LogP contribution in [-0.4, -0.2) is 14.3 Å². The lowest BCUT2D eigenvalue weighted by Gasteiger charge is -2.12. The molecular weight excluding hydrogens is 324 g/mol. The molecule has 0 aliphatic carbocycles. The highest BCUT2D eigenvalue weighted by molar-refractivity contribution is 7.92. The van der Waals surface area contributed by atoms with E-state index >= 15 is 0 Å². The lowest BCUT2D eigenvalue weighted by atomic mass is 9.99. The first kappa shape index (κ1) is 16.5. The SMILES string of the molecule is CC[C@@H](C)c1ccc(NS(=O)(=O)c2ccc3c(c2)CC(=O)N3)cc1. The number of nitrogens with one attached hydrogen (secondary N) is 2. The summed E-state index contributed by atoms with van der Waals surface area (Å²) < 4.78 is 27.7. The van der Waals surface area contributed by atoms with Crippen molar-refractivity contribution in [2.75, 3.05) is 10.0 Å². The number of anilines is 2. The van der Waals surface area contributed by atoms with Gasteiger partial charge in [-0.1, -0.05) is 26.0 Å². The van der Waals surface area contributed by atoms with E-state index in [0.717, 1.165) is 6.42 Å². The molecule has 0 radical (unpaired) electrons. The Morgan fingerprint density at radius 2 is 1.88 bits per heavy atom. The molecule has 0 saturated carbocycles. The zero-order chi connectivity index (χ0) is 17.3. The molecule has 1 heterocycles. The Hall–Kier alpha value is -2.34. The Morgan fingerprint density at radius 1 is 1.17 bits per heavy atom. The summed E-state index contributed by atoms with van der Waals surface area (Å²) in [7, 11) is -3.68. The lowest BCUT2D eigenvalue weighted by molar-refractivity contribution is -0.115. The molecule has 0 unspecified atom stereocenters. The van der Waals surface area contributed by atoms with Crippen LogP contribution in [0.4, 0.5) is 11.4 Å². The van der Waals surface area contributed by atoms with Gasteiger partial charge in [0.2, 0.25) is 5.91 Å². The first-order valence-corrected chi connectivity index (χ1v) is 9.43. The van der Waals surface area contributed by atoms with Gasteiger partial charge in [-0.25, -0.2) is 8.42 Å². The van der Waals surface area contributed by atoms with Crippen molar-refractivity contribution in [1.82, 2.24) is 0 Å². The van der Waals surface area contributed by atoms with Gasteiger partial charge in [-0.05, 0) is 53.8 Å². The Morgan fingerprint density at radius 3 is 2.54 bits per heavy atom. The summed E-state index contributed by atoms with van der Waals surface area (Å²) in [6.45, 7) is 4.26. The molecule has 5 nitrogen and oxygen atoms in total. The highest BCUT2D eigenvalue weighted by Crippen LogP contribution is 2.27. The largest absolute Gasteiger partial charge is 0.326 e. The minimum Gasteiger partial charge on any atom is -0.326 e. The first-order valence-electron chi connectivity index (χ1n) is 7.94. The molecule has 1 aliphatic heterocycles. The summed E-state index contributed by atoms with van der Waals surface area (Å²) in [6.07, 6.45) is 1.25. The molecule has 0 aromatic heterocycles. The Balaban J connectivity index is 1.82. The van der Waals surface area contributed by atoms with Crippen LogP contribution < -0.4 is 10.0 Å². The smallest absolute Gasteiger partial charge is 0.261 e. The van der Waals surface area contributed by atoms with E-state index in [-0.39, 0.29) is 17.2 Å². The van der Waals surface area contributed by atoms with Crippen molar-refractivity contribution in [1.29, 1.82) is 0 Å². The van der Waals surface area contributed by atoms with E-state index in [1.807, 2.05) is 12.1 Å². The number of carbonyl (C=O) groups is 1. The van der Waals surface area contributed by atoms with Crippen LogP contribution >= 0.6 is 0 Å². The quantitative estimate of drug-likeness (QED) is 0.872. The van der Waals surface area contributed by atoms with Gasteiger partial charge in [-0.15, -0.1) is 0 Å². The molecule has 2 aromatic carbocycles. The standard InChI is InChI=1S/C18H20N2O3S/c1-3-12(2)13-4-6-15(7-5-13)20-24(22,23)16-8-9-17-14(10-16)11-18(21)19-17/h4-10,12,20H,3,11H2,1-2H3,(H,19,21)/t12-/m1/s1. The lowest BCUT2D eigenvalue weighted by Crippen LogP contribution is -2.13. The topological polar surface area (TPSA) is 75.3 Å². The number of rotatable bonds is 5. The van der Waals surface area contributed by atoms with E-state index in [2.05, 4.69) is 23.9 Å². The normalized spacial score (nSPS) is 14.8. The summed E-state index contributed by atoms with van der Waals surface area (Å²) in [4.78, 5) is 11.5. The van der Waals surface area contributed by atoms with E-state index in [1.165, 1.54) is 11.6 Å². The number of carbonyl (C=O) groups excluding carboxylic acids is 1. The number of fused-ring (bicyclic) bond motifs is 1. The predicted molar refractivity (Wildman–Crippen MR) is 94.7 cm³/mol. The molecule has 1 aliphatic rings. The fourth-order valence-corrected chi connectivity index (χ4v) is 3.81. The average molecular weight is 344 g/mol. The Bertz CT molecular complexity index is 874. The highest BCUT2D eigenvalue weighted by atomic mass is 32.2. The van der Waals surface area contributed by atoms with Crippen LogP contribution in [0.1, 0.15) is 37.3 Å². The van der Waals surface area contributed by atoms with Crippen molar-refractivity contribution in [2.24, 2.45) is 0 Å². The summed E-state index contributed by atoms with van der Waals surface area (Å²) in [5.41, 5.74) is 3.09. The minimum absolute atomic E-state index is 0.117. The fourth-order valence-electron chi connectivity index (χ4n) is 2.70. The molecule has 24 heavy (non-hydrogen) atoms. The third kappa shape index (κ3) is 3.28. The van der Waals surface area contributed by atoms with Crippen molar-refractivity contribution >= 4 is 27.3 Å². The number of benzene rings is 2. The van der Waals surface area contributed by atoms with Crippen LogP contribution in [0.15, 0.2) is 47.4 Å². The molecule has 0 spiro atoms. The van der Waals surface area contributed by atoms with Gasteiger partial charge in [0.25, 0.3) is 10.0 Å². The van der Waals surface area contributed by atoms with Crippen molar-refractivity contribution < 1.29 is 13.2 Å². The zero-order valence-corrected chi connectivity index (χ0v) is 14.5. The number of sulfonamides is 1. The van der Waals surface area contributed by atoms with Gasteiger partial charge in [0.1, 0.15) is 0 Å². The first-order chi connectivity index (χ1) is 11.4. The predicted octanol–water partition coefficient (Wildman–Crippen LogP) is 3.50. The van der Waals surface area contributed by atoms with Gasteiger partial charge in [-0.2, -0.15) is 0 Å². The van der Waals surface area contributed by atoms with E-state index in [0.29, 0.717) is 22.9 Å². The van der Waals surface area contributed by atoms with Gasteiger partial charge in [-0.3, -0.25) is 9.52 Å². The van der Waals surface area contributed by atoms with Crippen LogP contribution in [0.3, 0.4) is 0 Å². The van der Waals surface area contributed by atoms with Gasteiger partial charge in [0.15, 0.2) is 0 Å². The van der Waals surface area contributed by atoms with Gasteiger partial charge in [0, 0.05) is 11.4 Å². The molecule has 1 atom stereocenters. The second-order valence-corrected chi connectivity index (χ2v) is 7.76. The van der Waals surface area contributed by atoms with Crippen LogP contribution in [0.25, 0.3) is 0 Å². The van der Waals surface area contributed by atoms with E-state index in [4.69, 9.17) is 0 Å². The summed E-state index contributed by atoms with van der Waals surface area (Å²) in [5.74, 6) is 0.325. The second kappa shape index (κ2) is 6.28. The maximum absolute atomic E-state index is 12.5. The monoisotopic (exact) mass is 344 g/mol. The Labute approximate surface area is 142 Å². The third-order valence-electron chi connectivity index (χ3n) is 4.36. The van der Waals surface area contributed by atoms with Crippen molar-refractivity contribution in [3.63, 3.8) is 0 Å². The van der Waals surface area contributed by atoms with Crippen molar-refractivity contribution in [2.45, 2.75) is 37.5 Å². The number of hydrogen-bond acceptors (Lipinski definition) is 3. The summed E-state index contributed by atoms with van der Waals surface area (Å²) >= 11 is 0. The highest BCUT2D eigenvalue weighted by Gasteiger charge is 2.22. The van der Waals surface area contributed by atoms with Crippen LogP contribution in [-0.2, 0) is 21.2 Å². The van der Waals surface area contributed by atoms with Gasteiger partial charge < -0.3 is 5.32 Å². The molecule has 126 valence electrons. The third-order valence-corrected chi connectivity index (χ3v) is 5.74. The molecule has 2 aromatic rings. The van der Waals surface area contributed by atoms with Crippen LogP contribution in [0.2, 0.25) is 0 Å². The minimum atomic E-state index is -3.68. The molecular formula is C18H20N2O3S. The maximum atomic E-state index is 12.5. The summed E-state index contributed by atoms with van der Waals surface area (Å²) in [5, 5.41) is 2.69.